The highest BCUT2D eigenvalue weighted by Crippen LogP contribution is 1.79. The SMILES string of the molecule is NNN1N=CC=CN1. The van der Waals surface area contributed by atoms with E-state index < -0.39 is 0 Å². The molecule has 0 unspecified atom stereocenters. The van der Waals surface area contributed by atoms with Crippen LogP contribution in [0.25, 0.3) is 0 Å². The largest absolute Gasteiger partial charge is 0.274 e. The average Bonchev–Trinajstić information content (AvgIpc) is 1.90. The third kappa shape index (κ3) is 0.955. The van der Waals surface area contributed by atoms with Crippen LogP contribution in [0.3, 0.4) is 0 Å². The molecule has 1 heterocycles. The summed E-state index contributed by atoms with van der Waals surface area (Å²) in [5.74, 6) is 4.97. The summed E-state index contributed by atoms with van der Waals surface area (Å²) in [5.41, 5.74) is 4.96. The molecule has 0 bridgehead atoms. The van der Waals surface area contributed by atoms with Crippen LogP contribution in [-0.2, 0) is 0 Å². The Morgan fingerprint density at radius 1 is 1.75 bits per heavy atom. The first-order valence-corrected chi connectivity index (χ1v) is 2.15. The van der Waals surface area contributed by atoms with Crippen molar-refractivity contribution in [1.82, 2.24) is 16.2 Å². The van der Waals surface area contributed by atoms with Gasteiger partial charge in [0, 0.05) is 6.20 Å². The quantitative estimate of drug-likeness (QED) is 0.291. The lowest BCUT2D eigenvalue weighted by Gasteiger charge is -2.16. The number of nitrogens with one attached hydrogen (secondary N) is 2. The van der Waals surface area contributed by atoms with Gasteiger partial charge in [0.25, 0.3) is 0 Å². The molecule has 0 aliphatic carbocycles. The van der Waals surface area contributed by atoms with Crippen molar-refractivity contribution in [3.63, 3.8) is 0 Å². The fourth-order valence-corrected chi connectivity index (χ4v) is 0.366. The van der Waals surface area contributed by atoms with Gasteiger partial charge in [-0.25, -0.2) is 0 Å². The van der Waals surface area contributed by atoms with Crippen LogP contribution in [-0.4, -0.2) is 11.4 Å². The summed E-state index contributed by atoms with van der Waals surface area (Å²) >= 11 is 0. The van der Waals surface area contributed by atoms with Gasteiger partial charge in [-0.3, -0.25) is 11.3 Å². The van der Waals surface area contributed by atoms with Crippen molar-refractivity contribution in [2.45, 2.75) is 0 Å². The Bertz CT molecular complexity index is 117. The molecule has 0 radical (unpaired) electrons. The Morgan fingerprint density at radius 3 is 3.00 bits per heavy atom. The van der Waals surface area contributed by atoms with Crippen molar-refractivity contribution < 1.29 is 0 Å². The summed E-state index contributed by atoms with van der Waals surface area (Å²) in [7, 11) is 0. The normalized spacial score (nSPS) is 16.4. The molecule has 4 N–H and O–H groups in total. The lowest BCUT2D eigenvalue weighted by atomic mass is 10.7. The Morgan fingerprint density at radius 2 is 2.62 bits per heavy atom. The zero-order valence-corrected chi connectivity index (χ0v) is 4.20. The van der Waals surface area contributed by atoms with Crippen LogP contribution in [0.5, 0.6) is 0 Å². The first kappa shape index (κ1) is 5.07. The molecule has 0 atom stereocenters. The minimum atomic E-state index is 1.28. The van der Waals surface area contributed by atoms with Gasteiger partial charge in [-0.2, -0.15) is 0 Å². The van der Waals surface area contributed by atoms with E-state index in [0.717, 1.165) is 0 Å². The standard InChI is InChI=1S/C3H7N5/c4-7-8-5-2-1-3-6-8/h1-3,5,7H,4H2. The summed E-state index contributed by atoms with van der Waals surface area (Å²) in [4.78, 5) is 0. The second kappa shape index (κ2) is 2.29. The zero-order chi connectivity index (χ0) is 5.82. The zero-order valence-electron chi connectivity index (χ0n) is 4.20. The average molecular weight is 113 g/mol. The molecule has 1 rings (SSSR count). The smallest absolute Gasteiger partial charge is 0.0522 e. The molecule has 44 valence electrons. The van der Waals surface area contributed by atoms with E-state index in [2.05, 4.69) is 16.1 Å². The van der Waals surface area contributed by atoms with Crippen molar-refractivity contribution >= 4 is 6.21 Å². The molecule has 1 aliphatic heterocycles. The minimum absolute atomic E-state index is 1.28. The first-order valence-electron chi connectivity index (χ1n) is 2.15. The number of nitrogens with zero attached hydrogens (tertiary/aromatic N) is 2. The molecule has 0 aromatic carbocycles. The maximum Gasteiger partial charge on any atom is 0.0522 e. The molecular weight excluding hydrogens is 106 g/mol. The van der Waals surface area contributed by atoms with Crippen LogP contribution < -0.4 is 16.8 Å². The molecule has 0 aromatic rings. The first-order chi connectivity index (χ1) is 3.93. The molecular formula is C3H7N5. The van der Waals surface area contributed by atoms with Crippen molar-refractivity contribution in [2.75, 3.05) is 0 Å². The number of hydrazine groups is 3. The highest BCUT2D eigenvalue weighted by Gasteiger charge is 1.90. The molecule has 0 aromatic heterocycles. The Labute approximate surface area is 46.7 Å². The van der Waals surface area contributed by atoms with Crippen LogP contribution >= 0.6 is 0 Å². The molecule has 5 nitrogen and oxygen atoms in total. The molecule has 1 aliphatic rings. The van der Waals surface area contributed by atoms with Gasteiger partial charge in [-0.1, -0.05) is 0 Å². The summed E-state index contributed by atoms with van der Waals surface area (Å²) in [5, 5.41) is 5.00. The fraction of sp³-hybridized carbons (Fsp3) is 0. The third-order valence-corrected chi connectivity index (χ3v) is 0.684. The van der Waals surface area contributed by atoms with E-state index in [-0.39, 0.29) is 0 Å². The van der Waals surface area contributed by atoms with E-state index in [9.17, 15) is 0 Å². The number of allylic oxidation sites excluding steroid dienone is 1. The van der Waals surface area contributed by atoms with E-state index in [1.807, 2.05) is 0 Å². The minimum Gasteiger partial charge on any atom is -0.274 e. The van der Waals surface area contributed by atoms with Crippen LogP contribution in [0.15, 0.2) is 17.4 Å². The topological polar surface area (TPSA) is 65.7 Å². The van der Waals surface area contributed by atoms with Crippen LogP contribution in [0, 0.1) is 0 Å². The van der Waals surface area contributed by atoms with Gasteiger partial charge in [0.1, 0.15) is 0 Å². The van der Waals surface area contributed by atoms with E-state index in [4.69, 9.17) is 5.84 Å². The number of rotatable bonds is 1. The molecule has 0 saturated carbocycles. The second-order valence-corrected chi connectivity index (χ2v) is 1.19. The maximum atomic E-state index is 4.97. The van der Waals surface area contributed by atoms with E-state index in [1.165, 1.54) is 5.23 Å². The highest BCUT2D eigenvalue weighted by atomic mass is 15.9. The van der Waals surface area contributed by atoms with Gasteiger partial charge < -0.3 is 0 Å². The number of hydrogen-bond donors (Lipinski definition) is 3. The van der Waals surface area contributed by atoms with Gasteiger partial charge in [0.2, 0.25) is 0 Å². The molecule has 0 spiro atoms. The molecule has 5 heteroatoms. The van der Waals surface area contributed by atoms with E-state index in [0.29, 0.717) is 0 Å². The predicted octanol–water partition coefficient (Wildman–Crippen LogP) is -1.32. The van der Waals surface area contributed by atoms with Crippen molar-refractivity contribution in [3.8, 4) is 0 Å². The Balaban J connectivity index is 2.40. The second-order valence-electron chi connectivity index (χ2n) is 1.19. The van der Waals surface area contributed by atoms with E-state index >= 15 is 0 Å². The lowest BCUT2D eigenvalue weighted by molar-refractivity contribution is 0.147. The number of hydrazone groups is 1. The summed E-state index contributed by atoms with van der Waals surface area (Å²) in [6.07, 6.45) is 5.07. The van der Waals surface area contributed by atoms with Gasteiger partial charge in [0.05, 0.1) is 6.21 Å². The summed E-state index contributed by atoms with van der Waals surface area (Å²) in [6, 6.07) is 0. The highest BCUT2D eigenvalue weighted by molar-refractivity contribution is 5.70. The molecule has 8 heavy (non-hydrogen) atoms. The van der Waals surface area contributed by atoms with Crippen molar-refractivity contribution in [1.29, 1.82) is 0 Å². The van der Waals surface area contributed by atoms with Crippen molar-refractivity contribution in [2.24, 2.45) is 10.9 Å². The predicted molar refractivity (Wildman–Crippen MR) is 29.9 cm³/mol. The van der Waals surface area contributed by atoms with Gasteiger partial charge in [-0.15, -0.1) is 15.9 Å². The van der Waals surface area contributed by atoms with Gasteiger partial charge >= 0.3 is 0 Å². The number of hydrogen-bond acceptors (Lipinski definition) is 5. The third-order valence-electron chi connectivity index (χ3n) is 0.684. The lowest BCUT2D eigenvalue weighted by Crippen LogP contribution is -2.46. The maximum absolute atomic E-state index is 4.97. The fourth-order valence-electron chi connectivity index (χ4n) is 0.366. The van der Waals surface area contributed by atoms with Crippen LogP contribution in [0.1, 0.15) is 0 Å². The van der Waals surface area contributed by atoms with Crippen molar-refractivity contribution in [3.05, 3.63) is 12.3 Å². The summed E-state index contributed by atoms with van der Waals surface area (Å²) < 4.78 is 0. The Hall–Kier alpha value is -1.07. The van der Waals surface area contributed by atoms with Gasteiger partial charge in [-0.05, 0) is 6.08 Å². The van der Waals surface area contributed by atoms with E-state index in [1.54, 1.807) is 18.5 Å². The molecule has 0 saturated heterocycles. The van der Waals surface area contributed by atoms with Crippen LogP contribution in [0.4, 0.5) is 0 Å². The molecule has 0 amide bonds. The Kier molecular flexibility index (Phi) is 1.45. The van der Waals surface area contributed by atoms with Crippen LogP contribution in [0.2, 0.25) is 0 Å². The number of nitrogens with two attached hydrogens (primary N) is 1. The summed E-state index contributed by atoms with van der Waals surface area (Å²) in [6.45, 7) is 0. The monoisotopic (exact) mass is 113 g/mol. The molecule has 0 fully saturated rings. The van der Waals surface area contributed by atoms with Gasteiger partial charge in [0.15, 0.2) is 0 Å².